The molecule has 1 aliphatic rings. The lowest BCUT2D eigenvalue weighted by atomic mass is 10.2. The summed E-state index contributed by atoms with van der Waals surface area (Å²) < 4.78 is 1.75. The van der Waals surface area contributed by atoms with Gasteiger partial charge in [0.15, 0.2) is 0 Å². The molecule has 2 aromatic rings. The molecule has 3 heterocycles. The largest absolute Gasteiger partial charge is 0.390 e. The van der Waals surface area contributed by atoms with E-state index in [-0.39, 0.29) is 0 Å². The number of aliphatic hydroxyl groups excluding tert-OH is 1. The van der Waals surface area contributed by atoms with Gasteiger partial charge in [0.1, 0.15) is 11.9 Å². The maximum absolute atomic E-state index is 10.3. The number of anilines is 1. The van der Waals surface area contributed by atoms with Crippen molar-refractivity contribution in [3.63, 3.8) is 0 Å². The summed E-state index contributed by atoms with van der Waals surface area (Å²) in [5.41, 5.74) is 0.615. The van der Waals surface area contributed by atoms with Crippen molar-refractivity contribution in [1.29, 1.82) is 5.26 Å². The number of nitriles is 1. The fourth-order valence-electron chi connectivity index (χ4n) is 3.08. The standard InChI is InChI=1S/C17H22N6O/c18-12-15-4-1-5-19-17(15)22-8-3-7-21(10-11-22)13-16(24)14-23-9-2-6-20-23/h1-2,4-6,9,16,24H,3,7-8,10-11,13-14H2. The van der Waals surface area contributed by atoms with Gasteiger partial charge in [-0.05, 0) is 31.2 Å². The highest BCUT2D eigenvalue weighted by atomic mass is 16.3. The molecule has 1 fully saturated rings. The van der Waals surface area contributed by atoms with Gasteiger partial charge in [-0.2, -0.15) is 10.4 Å². The number of β-amino-alcohol motifs (C(OH)–C–C–N with tert-alkyl or cyclic N) is 1. The second-order valence-electron chi connectivity index (χ2n) is 6.01. The van der Waals surface area contributed by atoms with Gasteiger partial charge in [0.2, 0.25) is 0 Å². The molecule has 7 nitrogen and oxygen atoms in total. The maximum atomic E-state index is 10.3. The molecule has 3 rings (SSSR count). The molecule has 1 aliphatic heterocycles. The minimum atomic E-state index is -0.444. The van der Waals surface area contributed by atoms with E-state index in [9.17, 15) is 10.4 Å². The second kappa shape index (κ2) is 7.90. The number of pyridine rings is 1. The molecule has 0 aromatic carbocycles. The van der Waals surface area contributed by atoms with Gasteiger partial charge in [0, 0.05) is 44.8 Å². The molecule has 0 aliphatic carbocycles. The van der Waals surface area contributed by atoms with Gasteiger partial charge in [-0.15, -0.1) is 0 Å². The van der Waals surface area contributed by atoms with E-state index in [1.807, 2.05) is 12.3 Å². The summed E-state index contributed by atoms with van der Waals surface area (Å²) in [5, 5.41) is 23.6. The Morgan fingerprint density at radius 1 is 1.17 bits per heavy atom. The molecule has 126 valence electrons. The van der Waals surface area contributed by atoms with Crippen LogP contribution in [0, 0.1) is 11.3 Å². The predicted molar refractivity (Wildman–Crippen MR) is 90.5 cm³/mol. The molecular formula is C17H22N6O. The van der Waals surface area contributed by atoms with Crippen molar-refractivity contribution in [3.05, 3.63) is 42.4 Å². The average molecular weight is 326 g/mol. The first-order chi connectivity index (χ1) is 11.8. The van der Waals surface area contributed by atoms with Crippen LogP contribution in [0.5, 0.6) is 0 Å². The van der Waals surface area contributed by atoms with Crippen molar-refractivity contribution in [1.82, 2.24) is 19.7 Å². The number of hydrogen-bond donors (Lipinski definition) is 1. The predicted octanol–water partition coefficient (Wildman–Crippen LogP) is 0.723. The van der Waals surface area contributed by atoms with Gasteiger partial charge in [-0.25, -0.2) is 4.98 Å². The Balaban J connectivity index is 1.56. The molecule has 24 heavy (non-hydrogen) atoms. The van der Waals surface area contributed by atoms with E-state index in [0.29, 0.717) is 18.7 Å². The van der Waals surface area contributed by atoms with E-state index in [1.165, 1.54) is 0 Å². The van der Waals surface area contributed by atoms with E-state index in [4.69, 9.17) is 0 Å². The highest BCUT2D eigenvalue weighted by molar-refractivity contribution is 5.53. The van der Waals surface area contributed by atoms with Crippen LogP contribution < -0.4 is 4.90 Å². The Kier molecular flexibility index (Phi) is 5.41. The van der Waals surface area contributed by atoms with E-state index in [0.717, 1.165) is 38.4 Å². The summed E-state index contributed by atoms with van der Waals surface area (Å²) in [6.07, 6.45) is 5.84. The molecule has 2 aromatic heterocycles. The Morgan fingerprint density at radius 2 is 2.08 bits per heavy atom. The highest BCUT2D eigenvalue weighted by Crippen LogP contribution is 2.18. The maximum Gasteiger partial charge on any atom is 0.146 e. The molecule has 1 saturated heterocycles. The van der Waals surface area contributed by atoms with E-state index in [1.54, 1.807) is 29.2 Å². The Morgan fingerprint density at radius 3 is 2.88 bits per heavy atom. The van der Waals surface area contributed by atoms with Gasteiger partial charge >= 0.3 is 0 Å². The lowest BCUT2D eigenvalue weighted by molar-refractivity contribution is 0.0980. The van der Waals surface area contributed by atoms with Gasteiger partial charge in [0.05, 0.1) is 18.2 Å². The Bertz CT molecular complexity index is 681. The molecule has 1 N–H and O–H groups in total. The summed E-state index contributed by atoms with van der Waals surface area (Å²) in [4.78, 5) is 8.81. The Hall–Kier alpha value is -2.43. The first-order valence-electron chi connectivity index (χ1n) is 8.24. The van der Waals surface area contributed by atoms with Crippen LogP contribution in [0.15, 0.2) is 36.8 Å². The van der Waals surface area contributed by atoms with Crippen molar-refractivity contribution < 1.29 is 5.11 Å². The number of aromatic nitrogens is 3. The van der Waals surface area contributed by atoms with Crippen molar-refractivity contribution >= 4 is 5.82 Å². The van der Waals surface area contributed by atoms with Crippen LogP contribution in [0.1, 0.15) is 12.0 Å². The summed E-state index contributed by atoms with van der Waals surface area (Å²) in [7, 11) is 0. The molecular weight excluding hydrogens is 304 g/mol. The molecule has 0 bridgehead atoms. The van der Waals surface area contributed by atoms with E-state index in [2.05, 4.69) is 26.0 Å². The fourth-order valence-corrected chi connectivity index (χ4v) is 3.08. The van der Waals surface area contributed by atoms with Crippen LogP contribution in [0.2, 0.25) is 0 Å². The minimum absolute atomic E-state index is 0.444. The molecule has 1 atom stereocenters. The smallest absolute Gasteiger partial charge is 0.146 e. The van der Waals surface area contributed by atoms with E-state index >= 15 is 0 Å². The van der Waals surface area contributed by atoms with Gasteiger partial charge in [-0.3, -0.25) is 9.58 Å². The summed E-state index contributed by atoms with van der Waals surface area (Å²) in [5.74, 6) is 0.763. The molecule has 0 amide bonds. The molecule has 7 heteroatoms. The van der Waals surface area contributed by atoms with Crippen LogP contribution in [0.25, 0.3) is 0 Å². The summed E-state index contributed by atoms with van der Waals surface area (Å²) in [6.45, 7) is 4.59. The molecule has 0 saturated carbocycles. The minimum Gasteiger partial charge on any atom is -0.390 e. The first-order valence-corrected chi connectivity index (χ1v) is 8.24. The monoisotopic (exact) mass is 326 g/mol. The van der Waals surface area contributed by atoms with Gasteiger partial charge < -0.3 is 10.0 Å². The highest BCUT2D eigenvalue weighted by Gasteiger charge is 2.20. The van der Waals surface area contributed by atoms with Crippen LogP contribution in [-0.4, -0.2) is 63.6 Å². The Labute approximate surface area is 141 Å². The number of hydrogen-bond acceptors (Lipinski definition) is 6. The topological polar surface area (TPSA) is 81.2 Å². The average Bonchev–Trinajstić information content (AvgIpc) is 2.99. The zero-order chi connectivity index (χ0) is 16.8. The summed E-state index contributed by atoms with van der Waals surface area (Å²) >= 11 is 0. The molecule has 1 unspecified atom stereocenters. The normalized spacial score (nSPS) is 17.2. The van der Waals surface area contributed by atoms with Crippen LogP contribution in [0.4, 0.5) is 5.82 Å². The third-order valence-corrected chi connectivity index (χ3v) is 4.22. The number of nitrogens with zero attached hydrogens (tertiary/aromatic N) is 6. The van der Waals surface area contributed by atoms with Crippen molar-refractivity contribution in [2.45, 2.75) is 19.1 Å². The fraction of sp³-hybridized carbons (Fsp3) is 0.471. The SMILES string of the molecule is N#Cc1cccnc1N1CCCN(CC(O)Cn2cccn2)CC1. The quantitative estimate of drug-likeness (QED) is 0.872. The van der Waals surface area contributed by atoms with Crippen LogP contribution in [0.3, 0.4) is 0 Å². The zero-order valence-electron chi connectivity index (χ0n) is 13.6. The first kappa shape index (κ1) is 16.4. The van der Waals surface area contributed by atoms with Crippen molar-refractivity contribution in [2.75, 3.05) is 37.6 Å². The molecule has 0 radical (unpaired) electrons. The van der Waals surface area contributed by atoms with Crippen molar-refractivity contribution in [2.24, 2.45) is 0 Å². The zero-order valence-corrected chi connectivity index (χ0v) is 13.6. The van der Waals surface area contributed by atoms with Crippen molar-refractivity contribution in [3.8, 4) is 6.07 Å². The van der Waals surface area contributed by atoms with Gasteiger partial charge in [-0.1, -0.05) is 0 Å². The van der Waals surface area contributed by atoms with Crippen LogP contribution in [-0.2, 0) is 6.54 Å². The number of aliphatic hydroxyl groups is 1. The second-order valence-corrected chi connectivity index (χ2v) is 6.01. The third kappa shape index (κ3) is 4.10. The third-order valence-electron chi connectivity index (χ3n) is 4.22. The lowest BCUT2D eigenvalue weighted by Gasteiger charge is -2.24. The van der Waals surface area contributed by atoms with Gasteiger partial charge in [0.25, 0.3) is 0 Å². The van der Waals surface area contributed by atoms with E-state index < -0.39 is 6.10 Å². The van der Waals surface area contributed by atoms with Crippen LogP contribution >= 0.6 is 0 Å². The molecule has 0 spiro atoms. The number of rotatable bonds is 5. The lowest BCUT2D eigenvalue weighted by Crippen LogP contribution is -2.37. The summed E-state index contributed by atoms with van der Waals surface area (Å²) in [6, 6.07) is 7.67.